The highest BCUT2D eigenvalue weighted by atomic mass is 16.5. The van der Waals surface area contributed by atoms with Gasteiger partial charge in [0.05, 0.1) is 12.8 Å². The summed E-state index contributed by atoms with van der Waals surface area (Å²) in [6.45, 7) is 4.24. The van der Waals surface area contributed by atoms with E-state index in [9.17, 15) is 4.79 Å². The van der Waals surface area contributed by atoms with Gasteiger partial charge in [0.2, 0.25) is 0 Å². The topological polar surface area (TPSA) is 62.7 Å². The molecule has 0 saturated carbocycles. The van der Waals surface area contributed by atoms with Gasteiger partial charge in [-0.3, -0.25) is 14.7 Å². The molecule has 0 saturated heterocycles. The summed E-state index contributed by atoms with van der Waals surface area (Å²) in [6, 6.07) is 3.19. The first kappa shape index (κ1) is 14.4. The molecule has 0 aliphatic carbocycles. The van der Waals surface area contributed by atoms with E-state index in [4.69, 9.17) is 9.84 Å². The minimum Gasteiger partial charge on any atom is -0.497 e. The van der Waals surface area contributed by atoms with E-state index in [1.54, 1.807) is 19.1 Å². The van der Waals surface area contributed by atoms with Gasteiger partial charge in [-0.25, -0.2) is 0 Å². The summed E-state index contributed by atoms with van der Waals surface area (Å²) in [6.07, 6.45) is 0.564. The number of rotatable bonds is 6. The van der Waals surface area contributed by atoms with E-state index in [1.807, 2.05) is 26.0 Å². The molecule has 100 valence electrons. The van der Waals surface area contributed by atoms with Crippen LogP contribution in [0.4, 0.5) is 0 Å². The molecule has 5 nitrogen and oxygen atoms in total. The van der Waals surface area contributed by atoms with Crippen molar-refractivity contribution >= 4 is 5.97 Å². The van der Waals surface area contributed by atoms with Gasteiger partial charge in [-0.05, 0) is 20.4 Å². The Morgan fingerprint density at radius 1 is 1.56 bits per heavy atom. The lowest BCUT2D eigenvalue weighted by Crippen LogP contribution is -2.37. The zero-order chi connectivity index (χ0) is 13.7. The maximum absolute atomic E-state index is 11.1. The molecule has 0 fully saturated rings. The summed E-state index contributed by atoms with van der Waals surface area (Å²) in [5, 5.41) is 9.09. The summed E-state index contributed by atoms with van der Waals surface area (Å²) in [4.78, 5) is 17.2. The number of pyridine rings is 1. The largest absolute Gasteiger partial charge is 0.497 e. The maximum Gasteiger partial charge on any atom is 0.320 e. The molecule has 1 heterocycles. The average molecular weight is 252 g/mol. The normalized spacial score (nSPS) is 12.5. The summed E-state index contributed by atoms with van der Waals surface area (Å²) >= 11 is 0. The lowest BCUT2D eigenvalue weighted by atomic mass is 10.2. The fraction of sp³-hybridized carbons (Fsp3) is 0.538. The quantitative estimate of drug-likeness (QED) is 0.834. The second-order valence-electron chi connectivity index (χ2n) is 4.32. The molecule has 0 aliphatic heterocycles. The molecule has 18 heavy (non-hydrogen) atoms. The molecule has 0 aromatic carbocycles. The van der Waals surface area contributed by atoms with E-state index in [0.29, 0.717) is 13.0 Å². The number of aryl methyl sites for hydroxylation is 1. The number of hydrogen-bond donors (Lipinski definition) is 1. The minimum absolute atomic E-state index is 0.488. The standard InChI is InChI=1S/C13H20N2O3/c1-5-12(13(16)17)15(3)8-10-7-11(18-4)6-9(2)14-10/h6-7,12H,5,8H2,1-4H3,(H,16,17). The van der Waals surface area contributed by atoms with E-state index in [-0.39, 0.29) is 0 Å². The number of hydrogen-bond acceptors (Lipinski definition) is 4. The molecule has 1 rings (SSSR count). The number of ether oxygens (including phenoxy) is 1. The van der Waals surface area contributed by atoms with Crippen LogP contribution >= 0.6 is 0 Å². The molecule has 0 radical (unpaired) electrons. The number of methoxy groups -OCH3 is 1. The van der Waals surface area contributed by atoms with Gasteiger partial charge in [0, 0.05) is 24.4 Å². The Morgan fingerprint density at radius 3 is 2.72 bits per heavy atom. The predicted octanol–water partition coefficient (Wildman–Crippen LogP) is 1.69. The summed E-state index contributed by atoms with van der Waals surface area (Å²) in [5.41, 5.74) is 1.68. The van der Waals surface area contributed by atoms with Crippen molar-refractivity contribution in [3.8, 4) is 5.75 Å². The number of carboxylic acid groups (broad SMARTS) is 1. The summed E-state index contributed by atoms with van der Waals surface area (Å²) < 4.78 is 5.18. The van der Waals surface area contributed by atoms with Crippen molar-refractivity contribution in [2.75, 3.05) is 14.2 Å². The fourth-order valence-electron chi connectivity index (χ4n) is 1.94. The number of aliphatic carboxylic acids is 1. The zero-order valence-electron chi connectivity index (χ0n) is 11.3. The van der Waals surface area contributed by atoms with Crippen molar-refractivity contribution in [3.05, 3.63) is 23.5 Å². The molecule has 1 aromatic heterocycles. The van der Waals surface area contributed by atoms with Gasteiger partial charge in [-0.2, -0.15) is 0 Å². The van der Waals surface area contributed by atoms with E-state index < -0.39 is 12.0 Å². The number of carboxylic acids is 1. The van der Waals surface area contributed by atoms with Crippen LogP contribution in [0.5, 0.6) is 5.75 Å². The lowest BCUT2D eigenvalue weighted by molar-refractivity contribution is -0.143. The average Bonchev–Trinajstić information content (AvgIpc) is 2.28. The van der Waals surface area contributed by atoms with Crippen LogP contribution in [0.3, 0.4) is 0 Å². The van der Waals surface area contributed by atoms with Crippen molar-refractivity contribution in [1.82, 2.24) is 9.88 Å². The monoisotopic (exact) mass is 252 g/mol. The van der Waals surface area contributed by atoms with Gasteiger partial charge in [0.15, 0.2) is 0 Å². The van der Waals surface area contributed by atoms with Crippen molar-refractivity contribution < 1.29 is 14.6 Å². The molecule has 0 spiro atoms. The van der Waals surface area contributed by atoms with Gasteiger partial charge >= 0.3 is 5.97 Å². The van der Waals surface area contributed by atoms with Crippen molar-refractivity contribution in [2.45, 2.75) is 32.9 Å². The van der Waals surface area contributed by atoms with Gasteiger partial charge in [0.25, 0.3) is 0 Å². The first-order valence-corrected chi connectivity index (χ1v) is 5.92. The van der Waals surface area contributed by atoms with Gasteiger partial charge in [-0.15, -0.1) is 0 Å². The molecule has 1 aromatic rings. The van der Waals surface area contributed by atoms with Crippen LogP contribution in [-0.4, -0.2) is 41.2 Å². The van der Waals surface area contributed by atoms with Gasteiger partial charge < -0.3 is 9.84 Å². The van der Waals surface area contributed by atoms with Crippen LogP contribution in [0.2, 0.25) is 0 Å². The van der Waals surface area contributed by atoms with Crippen LogP contribution in [-0.2, 0) is 11.3 Å². The zero-order valence-corrected chi connectivity index (χ0v) is 11.3. The van der Waals surface area contributed by atoms with Crippen molar-refractivity contribution in [2.24, 2.45) is 0 Å². The Kier molecular flexibility index (Phi) is 5.09. The van der Waals surface area contributed by atoms with E-state index >= 15 is 0 Å². The highest BCUT2D eigenvalue weighted by Gasteiger charge is 2.20. The Morgan fingerprint density at radius 2 is 2.22 bits per heavy atom. The first-order valence-electron chi connectivity index (χ1n) is 5.92. The molecule has 0 bridgehead atoms. The second-order valence-corrected chi connectivity index (χ2v) is 4.32. The number of nitrogens with zero attached hydrogens (tertiary/aromatic N) is 2. The lowest BCUT2D eigenvalue weighted by Gasteiger charge is -2.23. The van der Waals surface area contributed by atoms with Gasteiger partial charge in [0.1, 0.15) is 11.8 Å². The predicted molar refractivity (Wildman–Crippen MR) is 68.7 cm³/mol. The SMILES string of the molecule is CCC(C(=O)O)N(C)Cc1cc(OC)cc(C)n1. The Balaban J connectivity index is 2.83. The Labute approximate surface area is 107 Å². The first-order chi connectivity index (χ1) is 8.47. The maximum atomic E-state index is 11.1. The van der Waals surface area contributed by atoms with Crippen LogP contribution in [0.25, 0.3) is 0 Å². The molecule has 0 amide bonds. The molecule has 0 aliphatic rings. The van der Waals surface area contributed by atoms with Crippen LogP contribution in [0.1, 0.15) is 24.7 Å². The fourth-order valence-corrected chi connectivity index (χ4v) is 1.94. The molecule has 1 N–H and O–H groups in total. The van der Waals surface area contributed by atoms with Crippen molar-refractivity contribution in [3.63, 3.8) is 0 Å². The highest BCUT2D eigenvalue weighted by molar-refractivity contribution is 5.73. The van der Waals surface area contributed by atoms with Crippen LogP contribution in [0, 0.1) is 6.92 Å². The number of likely N-dealkylation sites (N-methyl/N-ethyl adjacent to an activating group) is 1. The smallest absolute Gasteiger partial charge is 0.320 e. The molecular formula is C13H20N2O3. The third kappa shape index (κ3) is 3.70. The van der Waals surface area contributed by atoms with Gasteiger partial charge in [-0.1, -0.05) is 6.92 Å². The Bertz CT molecular complexity index is 421. The van der Waals surface area contributed by atoms with Crippen LogP contribution in [0.15, 0.2) is 12.1 Å². The highest BCUT2D eigenvalue weighted by Crippen LogP contribution is 2.15. The number of carbonyl (C=O) groups is 1. The minimum atomic E-state index is -0.806. The van der Waals surface area contributed by atoms with Crippen LogP contribution < -0.4 is 4.74 Å². The molecular weight excluding hydrogens is 232 g/mol. The third-order valence-electron chi connectivity index (χ3n) is 2.83. The summed E-state index contributed by atoms with van der Waals surface area (Å²) in [5.74, 6) is -0.0612. The van der Waals surface area contributed by atoms with E-state index in [0.717, 1.165) is 17.1 Å². The Hall–Kier alpha value is -1.62. The second kappa shape index (κ2) is 6.35. The van der Waals surface area contributed by atoms with Crippen molar-refractivity contribution in [1.29, 1.82) is 0 Å². The number of aromatic nitrogens is 1. The molecule has 5 heteroatoms. The third-order valence-corrected chi connectivity index (χ3v) is 2.83. The molecule has 1 atom stereocenters. The van der Waals surface area contributed by atoms with E-state index in [1.165, 1.54) is 0 Å². The van der Waals surface area contributed by atoms with E-state index in [2.05, 4.69) is 4.98 Å². The summed E-state index contributed by atoms with van der Waals surface area (Å²) in [7, 11) is 3.40. The molecule has 1 unspecified atom stereocenters.